The third-order valence-corrected chi connectivity index (χ3v) is 8.44. The second kappa shape index (κ2) is 30.2. The number of carbonyl (C=O) groups excluding carboxylic acids is 3. The molecule has 0 aliphatic carbocycles. The third kappa shape index (κ3) is 22.2. The highest BCUT2D eigenvalue weighted by molar-refractivity contribution is 5.99. The summed E-state index contributed by atoms with van der Waals surface area (Å²) in [5, 5.41) is 8.82. The zero-order valence-electron chi connectivity index (χ0n) is 31.4. The molecule has 0 spiro atoms. The Morgan fingerprint density at radius 3 is 1.82 bits per heavy atom. The molecule has 0 saturated carbocycles. The van der Waals surface area contributed by atoms with E-state index in [1.165, 1.54) is 44.9 Å². The minimum atomic E-state index is -0.850. The first-order chi connectivity index (χ1) is 25.0. The molecule has 0 aromatic heterocycles. The highest BCUT2D eigenvalue weighted by Crippen LogP contribution is 2.18. The van der Waals surface area contributed by atoms with E-state index >= 15 is 0 Å². The van der Waals surface area contributed by atoms with Crippen LogP contribution in [0.1, 0.15) is 120 Å². The van der Waals surface area contributed by atoms with Gasteiger partial charge in [0.1, 0.15) is 18.4 Å². The summed E-state index contributed by atoms with van der Waals surface area (Å²) in [5.41, 5.74) is 1.44. The van der Waals surface area contributed by atoms with E-state index in [0.29, 0.717) is 64.0 Å². The highest BCUT2D eigenvalue weighted by Gasteiger charge is 2.24. The van der Waals surface area contributed by atoms with Crippen LogP contribution in [0.25, 0.3) is 0 Å². The molecule has 3 amide bonds. The molecular formula is C41H65N3O7. The summed E-state index contributed by atoms with van der Waals surface area (Å²) in [6.07, 6.45) is 13.9. The monoisotopic (exact) mass is 711 g/mol. The molecule has 0 aliphatic heterocycles. The first-order valence-corrected chi connectivity index (χ1v) is 19.4. The number of amides is 3. The van der Waals surface area contributed by atoms with Crippen LogP contribution in [0.15, 0.2) is 54.6 Å². The van der Waals surface area contributed by atoms with Crippen molar-refractivity contribution in [3.8, 4) is 5.75 Å². The molecule has 2 rings (SSSR count). The smallest absolute Gasteiger partial charge is 0.255 e. The molecule has 2 aromatic rings. The number of benzene rings is 2. The van der Waals surface area contributed by atoms with Crippen LogP contribution in [0.3, 0.4) is 0 Å². The van der Waals surface area contributed by atoms with Gasteiger partial charge >= 0.3 is 0 Å². The Morgan fingerprint density at radius 2 is 1.16 bits per heavy atom. The summed E-state index contributed by atoms with van der Waals surface area (Å²) in [6, 6.07) is 16.1. The molecule has 2 aromatic carbocycles. The van der Waals surface area contributed by atoms with Crippen LogP contribution in [-0.2, 0) is 30.4 Å². The summed E-state index contributed by atoms with van der Waals surface area (Å²) in [4.78, 5) is 39.3. The second-order valence-electron chi connectivity index (χ2n) is 12.8. The maximum Gasteiger partial charge on any atom is 0.255 e. The first kappa shape index (κ1) is 43.7. The normalized spacial score (nSPS) is 11.6. The zero-order valence-corrected chi connectivity index (χ0v) is 31.4. The maximum absolute atomic E-state index is 13.5. The van der Waals surface area contributed by atoms with Gasteiger partial charge in [0.05, 0.1) is 45.2 Å². The van der Waals surface area contributed by atoms with Crippen LogP contribution < -0.4 is 20.7 Å². The summed E-state index contributed by atoms with van der Waals surface area (Å²) in [5.74, 6) is -0.426. The van der Waals surface area contributed by atoms with E-state index in [2.05, 4.69) is 29.8 Å². The Balaban J connectivity index is 1.77. The quantitative estimate of drug-likeness (QED) is 0.0689. The van der Waals surface area contributed by atoms with E-state index in [1.807, 2.05) is 30.3 Å². The van der Waals surface area contributed by atoms with E-state index in [-0.39, 0.29) is 31.3 Å². The van der Waals surface area contributed by atoms with Gasteiger partial charge < -0.3 is 34.9 Å². The highest BCUT2D eigenvalue weighted by atomic mass is 16.6. The molecule has 1 atom stereocenters. The van der Waals surface area contributed by atoms with Crippen LogP contribution in [0, 0.1) is 0 Å². The lowest BCUT2D eigenvalue weighted by molar-refractivity contribution is -0.124. The predicted molar refractivity (Wildman–Crippen MR) is 203 cm³/mol. The second-order valence-corrected chi connectivity index (χ2v) is 12.8. The van der Waals surface area contributed by atoms with Crippen molar-refractivity contribution in [2.75, 3.05) is 52.7 Å². The van der Waals surface area contributed by atoms with E-state index in [4.69, 9.17) is 18.9 Å². The van der Waals surface area contributed by atoms with Crippen molar-refractivity contribution in [1.82, 2.24) is 16.0 Å². The Hall–Kier alpha value is -3.47. The molecular weight excluding hydrogens is 646 g/mol. The largest absolute Gasteiger partial charge is 0.490 e. The Kier molecular flexibility index (Phi) is 25.9. The van der Waals surface area contributed by atoms with E-state index in [9.17, 15) is 14.4 Å². The molecule has 10 heteroatoms. The molecule has 0 heterocycles. The van der Waals surface area contributed by atoms with Gasteiger partial charge in [0.15, 0.2) is 0 Å². The number of rotatable bonds is 32. The lowest BCUT2D eigenvalue weighted by atomic mass is 10.1. The van der Waals surface area contributed by atoms with Gasteiger partial charge in [0, 0.05) is 19.5 Å². The summed E-state index contributed by atoms with van der Waals surface area (Å²) in [7, 11) is 0. The Bertz CT molecular complexity index is 1180. The van der Waals surface area contributed by atoms with Crippen LogP contribution in [0.5, 0.6) is 5.75 Å². The van der Waals surface area contributed by atoms with E-state index < -0.39 is 11.9 Å². The molecule has 0 radical (unpaired) electrons. The fourth-order valence-corrected chi connectivity index (χ4v) is 5.44. The maximum atomic E-state index is 13.5. The molecule has 0 aliphatic rings. The van der Waals surface area contributed by atoms with Crippen molar-refractivity contribution in [2.45, 2.75) is 116 Å². The van der Waals surface area contributed by atoms with Gasteiger partial charge in [-0.2, -0.15) is 0 Å². The molecule has 0 fully saturated rings. The topological polar surface area (TPSA) is 124 Å². The van der Waals surface area contributed by atoms with Crippen LogP contribution in [-0.4, -0.2) is 76.5 Å². The molecule has 0 saturated heterocycles. The Labute approximate surface area is 307 Å². The number of hydrogen-bond acceptors (Lipinski definition) is 7. The van der Waals surface area contributed by atoms with Gasteiger partial charge in [-0.1, -0.05) is 121 Å². The number of para-hydroxylation sites is 1. The van der Waals surface area contributed by atoms with Crippen molar-refractivity contribution in [3.05, 3.63) is 65.7 Å². The number of nitrogens with one attached hydrogen (secondary N) is 3. The van der Waals surface area contributed by atoms with Crippen molar-refractivity contribution >= 4 is 17.7 Å². The molecule has 1 unspecified atom stereocenters. The summed E-state index contributed by atoms with van der Waals surface area (Å²) in [6.45, 7) is 8.50. The number of hydrogen-bond donors (Lipinski definition) is 3. The number of ether oxygens (including phenoxy) is 4. The van der Waals surface area contributed by atoms with Crippen molar-refractivity contribution < 1.29 is 33.3 Å². The average molecular weight is 712 g/mol. The van der Waals surface area contributed by atoms with Gasteiger partial charge in [-0.05, 0) is 37.0 Å². The molecule has 3 N–H and O–H groups in total. The summed E-state index contributed by atoms with van der Waals surface area (Å²) >= 11 is 0. The number of unbranched alkanes of at least 4 members (excludes halogenated alkanes) is 10. The average Bonchev–Trinajstić information content (AvgIpc) is 3.15. The van der Waals surface area contributed by atoms with Crippen LogP contribution >= 0.6 is 0 Å². The lowest BCUT2D eigenvalue weighted by Gasteiger charge is -2.19. The minimum absolute atomic E-state index is 0.114. The fourth-order valence-electron chi connectivity index (χ4n) is 5.44. The fraction of sp³-hybridized carbons (Fsp3) is 0.634. The third-order valence-electron chi connectivity index (χ3n) is 8.44. The Morgan fingerprint density at radius 1 is 0.608 bits per heavy atom. The van der Waals surface area contributed by atoms with E-state index in [1.54, 1.807) is 24.3 Å². The van der Waals surface area contributed by atoms with Gasteiger partial charge in [-0.3, -0.25) is 14.4 Å². The van der Waals surface area contributed by atoms with Gasteiger partial charge in [-0.25, -0.2) is 0 Å². The summed E-state index contributed by atoms with van der Waals surface area (Å²) < 4.78 is 22.7. The molecule has 10 nitrogen and oxygen atoms in total. The first-order valence-electron chi connectivity index (χ1n) is 19.4. The molecule has 51 heavy (non-hydrogen) atoms. The number of carbonyl (C=O) groups is 3. The molecule has 0 bridgehead atoms. The van der Waals surface area contributed by atoms with Crippen LogP contribution in [0.4, 0.5) is 0 Å². The van der Waals surface area contributed by atoms with Gasteiger partial charge in [0.25, 0.3) is 5.91 Å². The van der Waals surface area contributed by atoms with Gasteiger partial charge in [-0.15, -0.1) is 0 Å². The lowest BCUT2D eigenvalue weighted by Crippen LogP contribution is -2.47. The van der Waals surface area contributed by atoms with Crippen molar-refractivity contribution in [1.29, 1.82) is 0 Å². The zero-order chi connectivity index (χ0) is 36.6. The van der Waals surface area contributed by atoms with Gasteiger partial charge in [0.2, 0.25) is 11.8 Å². The predicted octanol–water partition coefficient (Wildman–Crippen LogP) is 7.15. The van der Waals surface area contributed by atoms with Crippen molar-refractivity contribution in [2.24, 2.45) is 0 Å². The van der Waals surface area contributed by atoms with E-state index in [0.717, 1.165) is 37.7 Å². The minimum Gasteiger partial charge on any atom is -0.490 e. The SMILES string of the molecule is CCCCCCCCNC(=O)CCC(NC(=O)c1ccccc1OCCOCCOCCOCc1ccccc1)C(=O)NCCCCCCCC. The standard InChI is InChI=1S/C41H65N3O7/c1-3-5-7-9-11-18-26-42-39(45)25-24-37(41(47)43-27-19-12-10-8-6-4-2)44-40(46)36-22-16-17-23-38(36)51-33-32-49-29-28-48-30-31-50-34-35-20-14-13-15-21-35/h13-17,20-23,37H,3-12,18-19,24-34H2,1-2H3,(H,42,45)(H,43,47)(H,44,46). The molecule has 286 valence electrons. The van der Waals surface area contributed by atoms with Crippen molar-refractivity contribution in [3.63, 3.8) is 0 Å². The van der Waals surface area contributed by atoms with Crippen LogP contribution in [0.2, 0.25) is 0 Å².